The van der Waals surface area contributed by atoms with Crippen molar-refractivity contribution in [3.63, 3.8) is 0 Å². The second-order valence-electron chi connectivity index (χ2n) is 6.13. The van der Waals surface area contributed by atoms with Gasteiger partial charge in [-0.05, 0) is 42.7 Å². The molecular formula is C19H23N3O. The van der Waals surface area contributed by atoms with Crippen molar-refractivity contribution >= 4 is 11.6 Å². The second-order valence-corrected chi connectivity index (χ2v) is 6.13. The van der Waals surface area contributed by atoms with Crippen LogP contribution in [0.2, 0.25) is 0 Å². The Kier molecular flexibility index (Phi) is 4.93. The first kappa shape index (κ1) is 15.6. The van der Waals surface area contributed by atoms with Crippen LogP contribution >= 0.6 is 0 Å². The van der Waals surface area contributed by atoms with E-state index in [1.165, 1.54) is 5.56 Å². The lowest BCUT2D eigenvalue weighted by Crippen LogP contribution is -2.44. The lowest BCUT2D eigenvalue weighted by atomic mass is 10.0. The van der Waals surface area contributed by atoms with Crippen LogP contribution in [0.3, 0.4) is 0 Å². The Morgan fingerprint density at radius 3 is 2.52 bits per heavy atom. The molecular weight excluding hydrogens is 286 g/mol. The number of benzene rings is 2. The number of hydrogen-bond donors (Lipinski definition) is 2. The Morgan fingerprint density at radius 2 is 1.83 bits per heavy atom. The van der Waals surface area contributed by atoms with Gasteiger partial charge in [-0.15, -0.1) is 0 Å². The van der Waals surface area contributed by atoms with E-state index in [-0.39, 0.29) is 11.9 Å². The summed E-state index contributed by atoms with van der Waals surface area (Å²) in [7, 11) is 0. The second kappa shape index (κ2) is 7.29. The molecule has 1 heterocycles. The Balaban J connectivity index is 1.48. The molecule has 2 aromatic carbocycles. The third-order valence-electron chi connectivity index (χ3n) is 4.32. The van der Waals surface area contributed by atoms with Gasteiger partial charge in [-0.1, -0.05) is 30.3 Å². The number of carbonyl (C=O) groups is 1. The summed E-state index contributed by atoms with van der Waals surface area (Å²) >= 11 is 0. The van der Waals surface area contributed by atoms with Crippen LogP contribution in [0.5, 0.6) is 0 Å². The number of carbonyl (C=O) groups excluding carboxylic acids is 1. The lowest BCUT2D eigenvalue weighted by molar-refractivity contribution is 0.0909. The highest BCUT2D eigenvalue weighted by Crippen LogP contribution is 2.16. The van der Waals surface area contributed by atoms with Gasteiger partial charge in [-0.25, -0.2) is 0 Å². The zero-order chi connectivity index (χ0) is 16.1. The summed E-state index contributed by atoms with van der Waals surface area (Å²) in [5.74, 6) is 0.0277. The molecule has 0 aromatic heterocycles. The van der Waals surface area contributed by atoms with Gasteiger partial charge in [0, 0.05) is 36.9 Å². The molecule has 1 saturated heterocycles. The van der Waals surface area contributed by atoms with Crippen molar-refractivity contribution in [3.05, 3.63) is 65.7 Å². The average Bonchev–Trinajstić information content (AvgIpc) is 2.57. The predicted octanol–water partition coefficient (Wildman–Crippen LogP) is 2.66. The van der Waals surface area contributed by atoms with Gasteiger partial charge in [-0.2, -0.15) is 0 Å². The molecule has 3 rings (SSSR count). The van der Waals surface area contributed by atoms with Crippen LogP contribution in [-0.4, -0.2) is 29.9 Å². The summed E-state index contributed by atoms with van der Waals surface area (Å²) in [6.45, 7) is 2.91. The first-order valence-electron chi connectivity index (χ1n) is 8.13. The number of nitrogens with two attached hydrogens (primary N) is 1. The van der Waals surface area contributed by atoms with Crippen LogP contribution in [0.4, 0.5) is 5.69 Å². The van der Waals surface area contributed by atoms with Crippen molar-refractivity contribution in [2.45, 2.75) is 25.4 Å². The summed E-state index contributed by atoms with van der Waals surface area (Å²) in [6.07, 6.45) is 1.97. The number of rotatable bonds is 4. The number of nitrogen functional groups attached to an aromatic ring is 1. The van der Waals surface area contributed by atoms with Gasteiger partial charge in [-0.3, -0.25) is 9.69 Å². The summed E-state index contributed by atoms with van der Waals surface area (Å²) in [4.78, 5) is 14.6. The van der Waals surface area contributed by atoms with Gasteiger partial charge in [0.25, 0.3) is 5.91 Å². The Bertz CT molecular complexity index is 649. The fourth-order valence-corrected chi connectivity index (χ4v) is 3.04. The lowest BCUT2D eigenvalue weighted by Gasteiger charge is -2.32. The topological polar surface area (TPSA) is 58.4 Å². The monoisotopic (exact) mass is 309 g/mol. The molecule has 0 bridgehead atoms. The molecule has 23 heavy (non-hydrogen) atoms. The number of nitrogens with zero attached hydrogens (tertiary/aromatic N) is 1. The number of hydrogen-bond acceptors (Lipinski definition) is 3. The first-order valence-corrected chi connectivity index (χ1v) is 8.13. The van der Waals surface area contributed by atoms with E-state index in [0.717, 1.165) is 43.7 Å². The molecule has 1 amide bonds. The van der Waals surface area contributed by atoms with Crippen LogP contribution in [-0.2, 0) is 6.54 Å². The maximum atomic E-state index is 12.2. The van der Waals surface area contributed by atoms with Crippen LogP contribution in [0.15, 0.2) is 54.6 Å². The summed E-state index contributed by atoms with van der Waals surface area (Å²) in [5, 5.41) is 3.14. The largest absolute Gasteiger partial charge is 0.399 e. The van der Waals surface area contributed by atoms with Crippen LogP contribution in [0.25, 0.3) is 0 Å². The normalized spacial score (nSPS) is 16.2. The number of piperidine rings is 1. The zero-order valence-corrected chi connectivity index (χ0v) is 13.2. The van der Waals surface area contributed by atoms with Gasteiger partial charge in [0.15, 0.2) is 0 Å². The molecule has 0 saturated carbocycles. The molecule has 2 aromatic rings. The van der Waals surface area contributed by atoms with Crippen LogP contribution in [0, 0.1) is 0 Å². The SMILES string of the molecule is Nc1cccc(CN2CCC(NC(=O)c3ccccc3)CC2)c1. The summed E-state index contributed by atoms with van der Waals surface area (Å²) in [6, 6.07) is 17.7. The van der Waals surface area contributed by atoms with Crippen LogP contribution in [0.1, 0.15) is 28.8 Å². The highest BCUT2D eigenvalue weighted by atomic mass is 16.1. The van der Waals surface area contributed by atoms with Crippen molar-refractivity contribution in [3.8, 4) is 0 Å². The summed E-state index contributed by atoms with van der Waals surface area (Å²) < 4.78 is 0. The number of nitrogens with one attached hydrogen (secondary N) is 1. The minimum atomic E-state index is 0.0277. The Labute approximate surface area is 137 Å². The minimum absolute atomic E-state index is 0.0277. The molecule has 0 aliphatic carbocycles. The quantitative estimate of drug-likeness (QED) is 0.854. The van der Waals surface area contributed by atoms with Gasteiger partial charge in [0.2, 0.25) is 0 Å². The Hall–Kier alpha value is -2.33. The Morgan fingerprint density at radius 1 is 1.09 bits per heavy atom. The van der Waals surface area contributed by atoms with E-state index in [1.54, 1.807) is 0 Å². The molecule has 0 atom stereocenters. The van der Waals surface area contributed by atoms with E-state index >= 15 is 0 Å². The minimum Gasteiger partial charge on any atom is -0.399 e. The standard InChI is InChI=1S/C19H23N3O/c20-17-8-4-5-15(13-17)14-22-11-9-18(10-12-22)21-19(23)16-6-2-1-3-7-16/h1-8,13,18H,9-12,14,20H2,(H,21,23). The molecule has 1 fully saturated rings. The molecule has 0 radical (unpaired) electrons. The van der Waals surface area contributed by atoms with Gasteiger partial charge >= 0.3 is 0 Å². The smallest absolute Gasteiger partial charge is 0.251 e. The van der Waals surface area contributed by atoms with E-state index in [1.807, 2.05) is 48.5 Å². The third-order valence-corrected chi connectivity index (χ3v) is 4.32. The fraction of sp³-hybridized carbons (Fsp3) is 0.316. The molecule has 1 aliphatic heterocycles. The molecule has 1 aliphatic rings. The molecule has 120 valence electrons. The van der Waals surface area contributed by atoms with E-state index in [9.17, 15) is 4.79 Å². The molecule has 4 heteroatoms. The maximum Gasteiger partial charge on any atom is 0.251 e. The van der Waals surface area contributed by atoms with Crippen molar-refractivity contribution in [2.24, 2.45) is 0 Å². The number of likely N-dealkylation sites (tertiary alicyclic amines) is 1. The number of amides is 1. The van der Waals surface area contributed by atoms with E-state index in [0.29, 0.717) is 0 Å². The van der Waals surface area contributed by atoms with Gasteiger partial charge in [0.05, 0.1) is 0 Å². The highest BCUT2D eigenvalue weighted by Gasteiger charge is 2.21. The predicted molar refractivity (Wildman–Crippen MR) is 93.1 cm³/mol. The first-order chi connectivity index (χ1) is 11.2. The van der Waals surface area contributed by atoms with Gasteiger partial charge in [0.1, 0.15) is 0 Å². The molecule has 0 unspecified atom stereocenters. The number of anilines is 1. The summed E-state index contributed by atoms with van der Waals surface area (Å²) in [5.41, 5.74) is 8.62. The van der Waals surface area contributed by atoms with E-state index < -0.39 is 0 Å². The average molecular weight is 309 g/mol. The van der Waals surface area contributed by atoms with Crippen molar-refractivity contribution < 1.29 is 4.79 Å². The highest BCUT2D eigenvalue weighted by molar-refractivity contribution is 5.94. The molecule has 0 spiro atoms. The molecule has 3 N–H and O–H groups in total. The fourth-order valence-electron chi connectivity index (χ4n) is 3.04. The maximum absolute atomic E-state index is 12.2. The van der Waals surface area contributed by atoms with E-state index in [4.69, 9.17) is 5.73 Å². The third kappa shape index (κ3) is 4.33. The van der Waals surface area contributed by atoms with Crippen molar-refractivity contribution in [2.75, 3.05) is 18.8 Å². The zero-order valence-electron chi connectivity index (χ0n) is 13.2. The van der Waals surface area contributed by atoms with E-state index in [2.05, 4.69) is 16.3 Å². The van der Waals surface area contributed by atoms with Gasteiger partial charge < -0.3 is 11.1 Å². The molecule has 4 nitrogen and oxygen atoms in total. The van der Waals surface area contributed by atoms with Crippen LogP contribution < -0.4 is 11.1 Å². The van der Waals surface area contributed by atoms with Crippen molar-refractivity contribution in [1.29, 1.82) is 0 Å². The van der Waals surface area contributed by atoms with Crippen molar-refractivity contribution in [1.82, 2.24) is 10.2 Å².